The third-order valence-corrected chi connectivity index (χ3v) is 6.55. The van der Waals surface area contributed by atoms with Crippen molar-refractivity contribution in [2.75, 3.05) is 27.4 Å². The molecule has 3 aromatic carbocycles. The van der Waals surface area contributed by atoms with Crippen molar-refractivity contribution in [3.63, 3.8) is 0 Å². The van der Waals surface area contributed by atoms with E-state index in [1.54, 1.807) is 26.4 Å². The van der Waals surface area contributed by atoms with Gasteiger partial charge in [-0.05, 0) is 62.1 Å². The maximum atomic E-state index is 12.5. The number of hydrogen-bond acceptors (Lipinski definition) is 5. The highest BCUT2D eigenvalue weighted by Gasteiger charge is 2.12. The molecule has 1 amide bonds. The van der Waals surface area contributed by atoms with Crippen LogP contribution in [0.15, 0.2) is 72.8 Å². The number of fused-ring (bicyclic) bond motifs is 1. The van der Waals surface area contributed by atoms with Crippen molar-refractivity contribution in [2.24, 2.45) is 0 Å². The first-order valence-corrected chi connectivity index (χ1v) is 13.3. The molecule has 7 nitrogen and oxygen atoms in total. The number of carbonyl (C=O) groups is 1. The molecule has 0 spiro atoms. The summed E-state index contributed by atoms with van der Waals surface area (Å²) in [5.74, 6) is 3.15. The van der Waals surface area contributed by atoms with E-state index >= 15 is 0 Å². The van der Waals surface area contributed by atoms with E-state index in [1.807, 2.05) is 42.5 Å². The van der Waals surface area contributed by atoms with Crippen LogP contribution in [0.25, 0.3) is 11.0 Å². The zero-order valence-electron chi connectivity index (χ0n) is 22.3. The predicted molar refractivity (Wildman–Crippen MR) is 150 cm³/mol. The van der Waals surface area contributed by atoms with Gasteiger partial charge < -0.3 is 24.1 Å². The Kier molecular flexibility index (Phi) is 10.0. The van der Waals surface area contributed by atoms with Crippen LogP contribution in [0, 0.1) is 0 Å². The highest BCUT2D eigenvalue weighted by atomic mass is 16.5. The van der Waals surface area contributed by atoms with Gasteiger partial charge in [0.25, 0.3) is 5.91 Å². The molecule has 0 aliphatic carbocycles. The van der Waals surface area contributed by atoms with Crippen LogP contribution in [0.2, 0.25) is 0 Å². The molecule has 7 heteroatoms. The van der Waals surface area contributed by atoms with Crippen LogP contribution in [-0.4, -0.2) is 42.8 Å². The fraction of sp³-hybridized carbons (Fsp3) is 0.355. The molecule has 0 saturated carbocycles. The number of unbranched alkanes of at least 4 members (excludes halogenated alkanes) is 3. The van der Waals surface area contributed by atoms with E-state index in [-0.39, 0.29) is 5.91 Å². The minimum atomic E-state index is -0.0982. The molecule has 0 aliphatic rings. The second kappa shape index (κ2) is 14.1. The zero-order valence-corrected chi connectivity index (χ0v) is 22.3. The average molecular weight is 516 g/mol. The third-order valence-electron chi connectivity index (χ3n) is 6.55. The quantitative estimate of drug-likeness (QED) is 0.195. The number of nitrogens with zero attached hydrogens (tertiary/aromatic N) is 2. The summed E-state index contributed by atoms with van der Waals surface area (Å²) >= 11 is 0. The van der Waals surface area contributed by atoms with Crippen LogP contribution in [-0.2, 0) is 13.0 Å². The van der Waals surface area contributed by atoms with Gasteiger partial charge in [0.1, 0.15) is 11.6 Å². The molecule has 0 atom stereocenters. The summed E-state index contributed by atoms with van der Waals surface area (Å²) in [5.41, 5.74) is 2.78. The van der Waals surface area contributed by atoms with E-state index < -0.39 is 0 Å². The summed E-state index contributed by atoms with van der Waals surface area (Å²) in [7, 11) is 3.24. The molecule has 1 aromatic heterocycles. The number of rotatable bonds is 15. The molecule has 4 rings (SSSR count). The fourth-order valence-corrected chi connectivity index (χ4v) is 4.57. The van der Waals surface area contributed by atoms with Gasteiger partial charge in [-0.3, -0.25) is 4.79 Å². The minimum absolute atomic E-state index is 0.0982. The molecular weight excluding hydrogens is 478 g/mol. The van der Waals surface area contributed by atoms with Gasteiger partial charge in [0, 0.05) is 19.5 Å². The number of ether oxygens (including phenoxy) is 3. The molecule has 0 radical (unpaired) electrons. The Morgan fingerprint density at radius 3 is 2.32 bits per heavy atom. The monoisotopic (exact) mass is 515 g/mol. The van der Waals surface area contributed by atoms with Gasteiger partial charge in [-0.15, -0.1) is 0 Å². The van der Waals surface area contributed by atoms with E-state index in [4.69, 9.17) is 19.2 Å². The number of carbonyl (C=O) groups excluding carboxylic acids is 1. The summed E-state index contributed by atoms with van der Waals surface area (Å²) in [5, 5.41) is 3.00. The maximum Gasteiger partial charge on any atom is 0.255 e. The number of methoxy groups -OCH3 is 2. The van der Waals surface area contributed by atoms with Crippen molar-refractivity contribution in [3.8, 4) is 17.2 Å². The average Bonchev–Trinajstić information content (AvgIpc) is 3.31. The largest absolute Gasteiger partial charge is 0.496 e. The van der Waals surface area contributed by atoms with Crippen molar-refractivity contribution < 1.29 is 19.0 Å². The smallest absolute Gasteiger partial charge is 0.255 e. The standard InChI is InChI=1S/C31H37N3O4/c1-36-27-17-8-5-14-24(27)31(35)32-21-11-3-4-20-30-33-25-15-6-7-16-26(25)34(30)22-12-13-23-38-29-19-10-9-18-28(29)37-2/h5-10,14-19H,3-4,11-13,20-23H2,1-2H3,(H,32,35). The first-order chi connectivity index (χ1) is 18.7. The lowest BCUT2D eigenvalue weighted by molar-refractivity contribution is 0.0950. The summed E-state index contributed by atoms with van der Waals surface area (Å²) in [6, 6.07) is 23.4. The summed E-state index contributed by atoms with van der Waals surface area (Å²) in [4.78, 5) is 17.4. The highest BCUT2D eigenvalue weighted by molar-refractivity contribution is 5.96. The Morgan fingerprint density at radius 2 is 1.50 bits per heavy atom. The van der Waals surface area contributed by atoms with E-state index in [1.165, 1.54) is 5.52 Å². The molecular formula is C31H37N3O4. The van der Waals surface area contributed by atoms with Crippen LogP contribution >= 0.6 is 0 Å². The van der Waals surface area contributed by atoms with Gasteiger partial charge in [-0.1, -0.05) is 42.8 Å². The van der Waals surface area contributed by atoms with Crippen molar-refractivity contribution in [1.82, 2.24) is 14.9 Å². The SMILES string of the molecule is COc1ccccc1OCCCCn1c(CCCCCNC(=O)c2ccccc2OC)nc2ccccc21. The van der Waals surface area contributed by atoms with Gasteiger partial charge >= 0.3 is 0 Å². The summed E-state index contributed by atoms with van der Waals surface area (Å²) in [6.45, 7) is 2.18. The number of aryl methyl sites for hydroxylation is 2. The Balaban J connectivity index is 1.23. The lowest BCUT2D eigenvalue weighted by Gasteiger charge is -2.12. The molecule has 0 saturated heterocycles. The van der Waals surface area contributed by atoms with Gasteiger partial charge in [-0.25, -0.2) is 4.98 Å². The zero-order chi connectivity index (χ0) is 26.6. The van der Waals surface area contributed by atoms with Crippen LogP contribution in [0.3, 0.4) is 0 Å². The Hall–Kier alpha value is -4.00. The molecule has 1 heterocycles. The molecule has 200 valence electrons. The van der Waals surface area contributed by atoms with Crippen molar-refractivity contribution in [1.29, 1.82) is 0 Å². The fourth-order valence-electron chi connectivity index (χ4n) is 4.57. The summed E-state index contributed by atoms with van der Waals surface area (Å²) < 4.78 is 18.9. The molecule has 1 N–H and O–H groups in total. The minimum Gasteiger partial charge on any atom is -0.496 e. The van der Waals surface area contributed by atoms with Crippen LogP contribution < -0.4 is 19.5 Å². The van der Waals surface area contributed by atoms with Crippen molar-refractivity contribution >= 4 is 16.9 Å². The maximum absolute atomic E-state index is 12.5. The van der Waals surface area contributed by atoms with Crippen LogP contribution in [0.1, 0.15) is 48.3 Å². The number of imidazole rings is 1. The molecule has 0 unspecified atom stereocenters. The molecule has 0 aliphatic heterocycles. The number of nitrogens with one attached hydrogen (secondary N) is 1. The third kappa shape index (κ3) is 7.06. The second-order valence-electron chi connectivity index (χ2n) is 9.14. The predicted octanol–water partition coefficient (Wildman–Crippen LogP) is 6.06. The van der Waals surface area contributed by atoms with E-state index in [0.717, 1.165) is 67.9 Å². The van der Waals surface area contributed by atoms with E-state index in [9.17, 15) is 4.79 Å². The van der Waals surface area contributed by atoms with Crippen molar-refractivity contribution in [2.45, 2.75) is 45.1 Å². The van der Waals surface area contributed by atoms with Crippen LogP contribution in [0.4, 0.5) is 0 Å². The number of aromatic nitrogens is 2. The van der Waals surface area contributed by atoms with Crippen molar-refractivity contribution in [3.05, 3.63) is 84.2 Å². The number of hydrogen-bond donors (Lipinski definition) is 1. The Morgan fingerprint density at radius 1 is 0.789 bits per heavy atom. The van der Waals surface area contributed by atoms with E-state index in [2.05, 4.69) is 28.1 Å². The highest BCUT2D eigenvalue weighted by Crippen LogP contribution is 2.26. The van der Waals surface area contributed by atoms with Gasteiger partial charge in [0.05, 0.1) is 37.4 Å². The first-order valence-electron chi connectivity index (χ1n) is 13.3. The number of para-hydroxylation sites is 5. The normalized spacial score (nSPS) is 10.9. The lowest BCUT2D eigenvalue weighted by atomic mass is 10.1. The molecule has 38 heavy (non-hydrogen) atoms. The second-order valence-corrected chi connectivity index (χ2v) is 9.14. The first kappa shape index (κ1) is 27.0. The number of benzene rings is 3. The Labute approximate surface area is 224 Å². The molecule has 4 aromatic rings. The number of amides is 1. The summed E-state index contributed by atoms with van der Waals surface area (Å²) in [6.07, 6.45) is 5.80. The van der Waals surface area contributed by atoms with Gasteiger partial charge in [0.15, 0.2) is 11.5 Å². The topological polar surface area (TPSA) is 74.6 Å². The van der Waals surface area contributed by atoms with Gasteiger partial charge in [0.2, 0.25) is 0 Å². The lowest BCUT2D eigenvalue weighted by Crippen LogP contribution is -2.24. The Bertz CT molecular complexity index is 1320. The van der Waals surface area contributed by atoms with E-state index in [0.29, 0.717) is 24.5 Å². The van der Waals surface area contributed by atoms with Crippen LogP contribution in [0.5, 0.6) is 17.2 Å². The molecule has 0 fully saturated rings. The van der Waals surface area contributed by atoms with Gasteiger partial charge in [-0.2, -0.15) is 0 Å². The molecule has 0 bridgehead atoms.